The second-order valence-electron chi connectivity index (χ2n) is 3.33. The Kier molecular flexibility index (Phi) is 6.00. The van der Waals surface area contributed by atoms with Crippen molar-refractivity contribution in [2.24, 2.45) is 10.7 Å². The van der Waals surface area contributed by atoms with Gasteiger partial charge >= 0.3 is 0 Å². The summed E-state index contributed by atoms with van der Waals surface area (Å²) in [5.41, 5.74) is 6.46. The number of hydrogen-bond acceptors (Lipinski definition) is 4. The summed E-state index contributed by atoms with van der Waals surface area (Å²) in [5, 5.41) is 3.14. The minimum atomic E-state index is 0.336. The monoisotopic (exact) mass is 237 g/mol. The van der Waals surface area contributed by atoms with Gasteiger partial charge in [0.15, 0.2) is 0 Å². The first-order chi connectivity index (χ1) is 7.81. The molecule has 0 saturated carbocycles. The van der Waals surface area contributed by atoms with E-state index in [1.807, 2.05) is 13.1 Å². The second-order valence-corrected chi connectivity index (χ2v) is 4.50. The first-order valence-corrected chi connectivity index (χ1v) is 6.28. The van der Waals surface area contributed by atoms with Gasteiger partial charge in [0.25, 0.3) is 0 Å². The van der Waals surface area contributed by atoms with Gasteiger partial charge in [-0.1, -0.05) is 13.0 Å². The summed E-state index contributed by atoms with van der Waals surface area (Å²) in [4.78, 5) is 6.80. The molecule has 0 aromatic carbocycles. The van der Waals surface area contributed by atoms with Crippen molar-refractivity contribution in [2.75, 3.05) is 13.7 Å². The van der Waals surface area contributed by atoms with E-state index in [0.29, 0.717) is 6.67 Å². The molecule has 1 aromatic rings. The van der Waals surface area contributed by atoms with Gasteiger partial charge in [-0.25, -0.2) is 0 Å². The molecule has 0 saturated heterocycles. The van der Waals surface area contributed by atoms with Gasteiger partial charge in [0.05, 0.1) is 17.3 Å². The standard InChI is InChI=1S/C12H19N3S/c1-3-4-5-11(15-9-13)12-7-6-10(16-12)8-14-2/h4-7,14H,3,8-9,13H2,1-2H3/b5-4-,15-11?. The molecule has 3 nitrogen and oxygen atoms in total. The lowest BCUT2D eigenvalue weighted by atomic mass is 10.2. The zero-order valence-corrected chi connectivity index (χ0v) is 10.7. The number of nitrogens with one attached hydrogen (secondary N) is 1. The second kappa shape index (κ2) is 7.33. The number of hydrogen-bond donors (Lipinski definition) is 2. The minimum Gasteiger partial charge on any atom is -0.315 e. The van der Waals surface area contributed by atoms with Crippen LogP contribution in [0.5, 0.6) is 0 Å². The van der Waals surface area contributed by atoms with E-state index in [1.165, 1.54) is 9.75 Å². The third-order valence-corrected chi connectivity index (χ3v) is 3.15. The Morgan fingerprint density at radius 3 is 3.00 bits per heavy atom. The van der Waals surface area contributed by atoms with Crippen LogP contribution in [0.2, 0.25) is 0 Å². The fraction of sp³-hybridized carbons (Fsp3) is 0.417. The first-order valence-electron chi connectivity index (χ1n) is 5.46. The van der Waals surface area contributed by atoms with Crippen molar-refractivity contribution in [3.05, 3.63) is 34.0 Å². The molecule has 1 aromatic heterocycles. The van der Waals surface area contributed by atoms with Crippen LogP contribution in [0.15, 0.2) is 29.3 Å². The van der Waals surface area contributed by atoms with Crippen LogP contribution in [0.3, 0.4) is 0 Å². The molecular formula is C12H19N3S. The molecule has 0 aliphatic heterocycles. The Hall–Kier alpha value is -0.970. The molecule has 0 radical (unpaired) electrons. The summed E-state index contributed by atoms with van der Waals surface area (Å²) in [6.45, 7) is 3.35. The van der Waals surface area contributed by atoms with Crippen molar-refractivity contribution in [3.8, 4) is 0 Å². The number of allylic oxidation sites excluding steroid dienone is 2. The molecule has 0 spiro atoms. The fourth-order valence-corrected chi connectivity index (χ4v) is 2.33. The van der Waals surface area contributed by atoms with Gasteiger partial charge in [-0.05, 0) is 31.7 Å². The highest BCUT2D eigenvalue weighted by Crippen LogP contribution is 2.18. The molecular weight excluding hydrogens is 218 g/mol. The largest absolute Gasteiger partial charge is 0.315 e. The van der Waals surface area contributed by atoms with Crippen molar-refractivity contribution in [2.45, 2.75) is 19.9 Å². The minimum absolute atomic E-state index is 0.336. The fourth-order valence-electron chi connectivity index (χ4n) is 1.33. The summed E-state index contributed by atoms with van der Waals surface area (Å²) >= 11 is 1.76. The zero-order valence-electron chi connectivity index (χ0n) is 9.86. The van der Waals surface area contributed by atoms with Crippen molar-refractivity contribution in [1.82, 2.24) is 5.32 Å². The molecule has 0 amide bonds. The lowest BCUT2D eigenvalue weighted by Crippen LogP contribution is -2.03. The number of nitrogens with two attached hydrogens (primary N) is 1. The van der Waals surface area contributed by atoms with Crippen LogP contribution in [0.1, 0.15) is 23.1 Å². The molecule has 3 N–H and O–H groups in total. The van der Waals surface area contributed by atoms with Gasteiger partial charge in [0, 0.05) is 11.4 Å². The molecule has 0 atom stereocenters. The van der Waals surface area contributed by atoms with Gasteiger partial charge in [-0.15, -0.1) is 11.3 Å². The first kappa shape index (κ1) is 13.1. The smallest absolute Gasteiger partial charge is 0.0867 e. The van der Waals surface area contributed by atoms with Crippen LogP contribution in [0.25, 0.3) is 0 Å². The molecule has 4 heteroatoms. The number of rotatable bonds is 6. The predicted octanol–water partition coefficient (Wildman–Crippen LogP) is 2.14. The maximum absolute atomic E-state index is 5.47. The van der Waals surface area contributed by atoms with Crippen molar-refractivity contribution in [1.29, 1.82) is 0 Å². The molecule has 0 bridgehead atoms. The molecule has 0 unspecified atom stereocenters. The average molecular weight is 237 g/mol. The number of aliphatic imine (C=N–C) groups is 1. The Bertz CT molecular complexity index is 366. The summed E-state index contributed by atoms with van der Waals surface area (Å²) < 4.78 is 0. The van der Waals surface area contributed by atoms with Gasteiger partial charge in [-0.2, -0.15) is 0 Å². The van der Waals surface area contributed by atoms with Crippen LogP contribution in [-0.2, 0) is 6.54 Å². The highest BCUT2D eigenvalue weighted by Gasteiger charge is 2.03. The zero-order chi connectivity index (χ0) is 11.8. The molecule has 88 valence electrons. The van der Waals surface area contributed by atoms with Crippen LogP contribution in [0, 0.1) is 0 Å². The van der Waals surface area contributed by atoms with E-state index in [1.54, 1.807) is 11.3 Å². The van der Waals surface area contributed by atoms with Crippen molar-refractivity contribution >= 4 is 17.0 Å². The highest BCUT2D eigenvalue weighted by atomic mass is 32.1. The predicted molar refractivity (Wildman–Crippen MR) is 72.1 cm³/mol. The lowest BCUT2D eigenvalue weighted by molar-refractivity contribution is 0.831. The summed E-state index contributed by atoms with van der Waals surface area (Å²) in [5.74, 6) is 0. The third kappa shape index (κ3) is 3.89. The van der Waals surface area contributed by atoms with Crippen molar-refractivity contribution < 1.29 is 0 Å². The van der Waals surface area contributed by atoms with Crippen LogP contribution < -0.4 is 11.1 Å². The lowest BCUT2D eigenvalue weighted by Gasteiger charge is -1.97. The molecule has 0 fully saturated rings. The van der Waals surface area contributed by atoms with Crippen LogP contribution >= 0.6 is 11.3 Å². The normalized spacial score (nSPS) is 12.6. The third-order valence-electron chi connectivity index (χ3n) is 2.04. The SMILES string of the molecule is CC/C=C\C(=NCN)c1ccc(CNC)s1. The number of thiophene rings is 1. The summed E-state index contributed by atoms with van der Waals surface area (Å²) in [7, 11) is 1.95. The Balaban J connectivity index is 2.84. The summed E-state index contributed by atoms with van der Waals surface area (Å²) in [6.07, 6.45) is 5.16. The van der Waals surface area contributed by atoms with E-state index in [4.69, 9.17) is 5.73 Å². The molecule has 16 heavy (non-hydrogen) atoms. The molecule has 0 aliphatic carbocycles. The van der Waals surface area contributed by atoms with E-state index in [2.05, 4.69) is 35.4 Å². The number of nitrogens with zero attached hydrogens (tertiary/aromatic N) is 1. The van der Waals surface area contributed by atoms with Gasteiger partial charge < -0.3 is 11.1 Å². The van der Waals surface area contributed by atoms with Crippen LogP contribution in [0.4, 0.5) is 0 Å². The Labute approximate surface area is 101 Å². The average Bonchev–Trinajstić information content (AvgIpc) is 2.73. The Morgan fingerprint density at radius 1 is 1.56 bits per heavy atom. The highest BCUT2D eigenvalue weighted by molar-refractivity contribution is 7.14. The molecule has 1 rings (SSSR count). The van der Waals surface area contributed by atoms with E-state index >= 15 is 0 Å². The quantitative estimate of drug-likeness (QED) is 0.745. The Morgan fingerprint density at radius 2 is 2.38 bits per heavy atom. The van der Waals surface area contributed by atoms with E-state index in [-0.39, 0.29) is 0 Å². The van der Waals surface area contributed by atoms with E-state index < -0.39 is 0 Å². The van der Waals surface area contributed by atoms with Crippen molar-refractivity contribution in [3.63, 3.8) is 0 Å². The topological polar surface area (TPSA) is 50.4 Å². The molecule has 0 aliphatic rings. The molecule has 1 heterocycles. The van der Waals surface area contributed by atoms with Gasteiger partial charge in [-0.3, -0.25) is 4.99 Å². The van der Waals surface area contributed by atoms with E-state index in [0.717, 1.165) is 18.7 Å². The van der Waals surface area contributed by atoms with Crippen LogP contribution in [-0.4, -0.2) is 19.4 Å². The van der Waals surface area contributed by atoms with E-state index in [9.17, 15) is 0 Å². The maximum Gasteiger partial charge on any atom is 0.0867 e. The van der Waals surface area contributed by atoms with Gasteiger partial charge in [0.1, 0.15) is 0 Å². The maximum atomic E-state index is 5.47. The summed E-state index contributed by atoms with van der Waals surface area (Å²) in [6, 6.07) is 4.23. The van der Waals surface area contributed by atoms with Gasteiger partial charge in [0.2, 0.25) is 0 Å².